The van der Waals surface area contributed by atoms with E-state index in [9.17, 15) is 22.4 Å². The van der Waals surface area contributed by atoms with Crippen molar-refractivity contribution in [3.8, 4) is 0 Å². The third-order valence-electron chi connectivity index (χ3n) is 4.00. The lowest BCUT2D eigenvalue weighted by Crippen LogP contribution is -2.39. The molecule has 1 saturated heterocycles. The quantitative estimate of drug-likeness (QED) is 0.805. The number of alkyl halides is 3. The Labute approximate surface area is 138 Å². The molecule has 0 unspecified atom stereocenters. The number of nitrogens with zero attached hydrogens (tertiary/aromatic N) is 1. The maximum absolute atomic E-state index is 13.2. The molecule has 1 fully saturated rings. The zero-order valence-corrected chi connectivity index (χ0v) is 13.4. The number of rotatable bonds is 5. The summed E-state index contributed by atoms with van der Waals surface area (Å²) in [5.74, 6) is -0.279. The van der Waals surface area contributed by atoms with E-state index < -0.39 is 12.7 Å². The Hall–Kier alpha value is -1.83. The zero-order valence-electron chi connectivity index (χ0n) is 13.4. The molecule has 1 aromatic carbocycles. The molecule has 1 aliphatic rings. The van der Waals surface area contributed by atoms with Gasteiger partial charge in [0, 0.05) is 19.6 Å². The van der Waals surface area contributed by atoms with Gasteiger partial charge in [-0.3, -0.25) is 4.90 Å². The fourth-order valence-electron chi connectivity index (χ4n) is 2.78. The zero-order chi connectivity index (χ0) is 17.7. The van der Waals surface area contributed by atoms with Crippen LogP contribution in [0.4, 0.5) is 22.4 Å². The average molecular weight is 347 g/mol. The number of hydrogen-bond donors (Lipinski definition) is 2. The van der Waals surface area contributed by atoms with Crippen LogP contribution < -0.4 is 10.6 Å². The summed E-state index contributed by atoms with van der Waals surface area (Å²) in [7, 11) is 0. The highest BCUT2D eigenvalue weighted by Gasteiger charge is 2.34. The summed E-state index contributed by atoms with van der Waals surface area (Å²) in [6.07, 6.45) is -3.56. The van der Waals surface area contributed by atoms with Gasteiger partial charge in [0.2, 0.25) is 0 Å². The van der Waals surface area contributed by atoms with E-state index in [0.717, 1.165) is 5.56 Å². The van der Waals surface area contributed by atoms with Crippen molar-refractivity contribution in [2.45, 2.75) is 26.1 Å². The van der Waals surface area contributed by atoms with Crippen LogP contribution in [0.25, 0.3) is 0 Å². The van der Waals surface area contributed by atoms with Crippen LogP contribution in [0.15, 0.2) is 18.2 Å². The molecule has 134 valence electrons. The fourth-order valence-corrected chi connectivity index (χ4v) is 2.78. The minimum absolute atomic E-state index is 0.0196. The normalized spacial score (nSPS) is 18.6. The van der Waals surface area contributed by atoms with Gasteiger partial charge in [-0.25, -0.2) is 9.18 Å². The smallest absolute Gasteiger partial charge is 0.338 e. The number of halogens is 4. The highest BCUT2D eigenvalue weighted by molar-refractivity contribution is 5.73. The second-order valence-corrected chi connectivity index (χ2v) is 6.15. The highest BCUT2D eigenvalue weighted by atomic mass is 19.4. The lowest BCUT2D eigenvalue weighted by Gasteiger charge is -2.18. The molecule has 8 heteroatoms. The number of amides is 2. The van der Waals surface area contributed by atoms with Crippen LogP contribution in [-0.2, 0) is 6.54 Å². The Morgan fingerprint density at radius 3 is 2.75 bits per heavy atom. The minimum atomic E-state index is -4.19. The van der Waals surface area contributed by atoms with E-state index in [4.69, 9.17) is 0 Å². The predicted molar refractivity (Wildman–Crippen MR) is 82.0 cm³/mol. The molecule has 0 aliphatic carbocycles. The molecule has 2 amide bonds. The lowest BCUT2D eigenvalue weighted by molar-refractivity contribution is -0.143. The van der Waals surface area contributed by atoms with Crippen molar-refractivity contribution in [1.82, 2.24) is 15.5 Å². The van der Waals surface area contributed by atoms with Crippen LogP contribution in [0.3, 0.4) is 0 Å². The van der Waals surface area contributed by atoms with Crippen LogP contribution in [0.5, 0.6) is 0 Å². The SMILES string of the molecule is Cc1cc(CNC(=O)NC[C@@H]2CCN(CC(F)(F)F)C2)ccc1F. The number of hydrogen-bond acceptors (Lipinski definition) is 2. The molecule has 1 heterocycles. The Bertz CT molecular complexity index is 577. The van der Waals surface area contributed by atoms with Crippen LogP contribution in [0, 0.1) is 18.7 Å². The van der Waals surface area contributed by atoms with Crippen molar-refractivity contribution in [2.24, 2.45) is 5.92 Å². The van der Waals surface area contributed by atoms with E-state index in [-0.39, 0.29) is 24.3 Å². The summed E-state index contributed by atoms with van der Waals surface area (Å²) in [5, 5.41) is 5.33. The van der Waals surface area contributed by atoms with Crippen LogP contribution >= 0.6 is 0 Å². The topological polar surface area (TPSA) is 44.4 Å². The van der Waals surface area contributed by atoms with Gasteiger partial charge in [-0.2, -0.15) is 13.2 Å². The van der Waals surface area contributed by atoms with Crippen LogP contribution in [0.1, 0.15) is 17.5 Å². The van der Waals surface area contributed by atoms with Gasteiger partial charge in [-0.15, -0.1) is 0 Å². The van der Waals surface area contributed by atoms with E-state index in [2.05, 4.69) is 10.6 Å². The number of benzene rings is 1. The van der Waals surface area contributed by atoms with E-state index >= 15 is 0 Å². The second-order valence-electron chi connectivity index (χ2n) is 6.15. The van der Waals surface area contributed by atoms with Gasteiger partial charge in [-0.05, 0) is 43.0 Å². The molecule has 0 spiro atoms. The number of likely N-dealkylation sites (tertiary alicyclic amines) is 1. The first-order chi connectivity index (χ1) is 11.2. The summed E-state index contributed by atoms with van der Waals surface area (Å²) in [4.78, 5) is 13.1. The molecule has 0 radical (unpaired) electrons. The molecule has 0 saturated carbocycles. The third-order valence-corrected chi connectivity index (χ3v) is 4.00. The van der Waals surface area contributed by atoms with Crippen molar-refractivity contribution >= 4 is 6.03 Å². The van der Waals surface area contributed by atoms with Gasteiger partial charge < -0.3 is 10.6 Å². The summed E-state index contributed by atoms with van der Waals surface area (Å²) >= 11 is 0. The Morgan fingerprint density at radius 2 is 2.08 bits per heavy atom. The van der Waals surface area contributed by atoms with Gasteiger partial charge >= 0.3 is 12.2 Å². The van der Waals surface area contributed by atoms with Crippen molar-refractivity contribution in [1.29, 1.82) is 0 Å². The molecule has 24 heavy (non-hydrogen) atoms. The van der Waals surface area contributed by atoms with Crippen LogP contribution in [-0.4, -0.2) is 43.3 Å². The first-order valence-electron chi connectivity index (χ1n) is 7.79. The van der Waals surface area contributed by atoms with Crippen LogP contribution in [0.2, 0.25) is 0 Å². The van der Waals surface area contributed by atoms with E-state index in [0.29, 0.717) is 31.6 Å². The minimum Gasteiger partial charge on any atom is -0.338 e. The van der Waals surface area contributed by atoms with Crippen molar-refractivity contribution < 1.29 is 22.4 Å². The molecule has 2 N–H and O–H groups in total. The van der Waals surface area contributed by atoms with Gasteiger partial charge in [0.15, 0.2) is 0 Å². The molecule has 1 aliphatic heterocycles. The largest absolute Gasteiger partial charge is 0.401 e. The van der Waals surface area contributed by atoms with E-state index in [1.54, 1.807) is 19.1 Å². The standard InChI is InChI=1S/C16H21F4N3O/c1-11-6-12(2-3-14(11)17)7-21-15(24)22-8-13-4-5-23(9-13)10-16(18,19)20/h2-3,6,13H,4-5,7-10H2,1H3,(H2,21,22,24)/t13-/m0/s1. The molecule has 0 aromatic heterocycles. The third kappa shape index (κ3) is 5.99. The van der Waals surface area contributed by atoms with Gasteiger partial charge in [0.05, 0.1) is 6.54 Å². The average Bonchev–Trinajstić information content (AvgIpc) is 2.91. The number of aryl methyl sites for hydroxylation is 1. The van der Waals surface area contributed by atoms with Crippen molar-refractivity contribution in [3.63, 3.8) is 0 Å². The first-order valence-corrected chi connectivity index (χ1v) is 7.79. The number of carbonyl (C=O) groups is 1. The summed E-state index contributed by atoms with van der Waals surface area (Å²) in [6, 6.07) is 4.21. The Balaban J connectivity index is 1.67. The molecule has 1 atom stereocenters. The number of carbonyl (C=O) groups excluding carboxylic acids is 1. The monoisotopic (exact) mass is 347 g/mol. The number of nitrogens with one attached hydrogen (secondary N) is 2. The maximum Gasteiger partial charge on any atom is 0.401 e. The molecule has 2 rings (SSSR count). The van der Waals surface area contributed by atoms with Crippen molar-refractivity contribution in [3.05, 3.63) is 35.1 Å². The van der Waals surface area contributed by atoms with Gasteiger partial charge in [0.25, 0.3) is 0 Å². The molecular weight excluding hydrogens is 326 g/mol. The van der Waals surface area contributed by atoms with Gasteiger partial charge in [-0.1, -0.05) is 12.1 Å². The molecular formula is C16H21F4N3O. The predicted octanol–water partition coefficient (Wildman–Crippen LogP) is 2.82. The number of urea groups is 1. The fraction of sp³-hybridized carbons (Fsp3) is 0.562. The Kier molecular flexibility index (Phi) is 6.04. The lowest BCUT2D eigenvalue weighted by atomic mass is 10.1. The van der Waals surface area contributed by atoms with E-state index in [1.807, 2.05) is 0 Å². The van der Waals surface area contributed by atoms with Crippen molar-refractivity contribution in [2.75, 3.05) is 26.2 Å². The Morgan fingerprint density at radius 1 is 1.33 bits per heavy atom. The summed E-state index contributed by atoms with van der Waals surface area (Å²) in [6.45, 7) is 2.06. The molecule has 1 aromatic rings. The summed E-state index contributed by atoms with van der Waals surface area (Å²) in [5.41, 5.74) is 1.28. The maximum atomic E-state index is 13.2. The molecule has 4 nitrogen and oxygen atoms in total. The van der Waals surface area contributed by atoms with E-state index in [1.165, 1.54) is 11.0 Å². The summed E-state index contributed by atoms with van der Waals surface area (Å²) < 4.78 is 50.1. The second kappa shape index (κ2) is 7.83. The first kappa shape index (κ1) is 18.5. The van der Waals surface area contributed by atoms with Gasteiger partial charge in [0.1, 0.15) is 5.82 Å². The highest BCUT2D eigenvalue weighted by Crippen LogP contribution is 2.22. The molecule has 0 bridgehead atoms.